The summed E-state index contributed by atoms with van der Waals surface area (Å²) in [7, 11) is 3.40. The highest BCUT2D eigenvalue weighted by molar-refractivity contribution is 5.29. The van der Waals surface area contributed by atoms with E-state index >= 15 is 0 Å². The molecule has 0 fully saturated rings. The molecule has 138 valence electrons. The van der Waals surface area contributed by atoms with Crippen molar-refractivity contribution in [1.29, 1.82) is 0 Å². The molecule has 0 saturated heterocycles. The predicted molar refractivity (Wildman–Crippen MR) is 100.0 cm³/mol. The predicted octanol–water partition coefficient (Wildman–Crippen LogP) is 2.76. The van der Waals surface area contributed by atoms with Crippen molar-refractivity contribution < 1.29 is 14.6 Å². The van der Waals surface area contributed by atoms with Gasteiger partial charge in [0.1, 0.15) is 5.75 Å². The van der Waals surface area contributed by atoms with Gasteiger partial charge in [-0.25, -0.2) is 0 Å². The molecule has 2 rings (SSSR count). The van der Waals surface area contributed by atoms with Gasteiger partial charge in [0.15, 0.2) is 0 Å². The lowest BCUT2D eigenvalue weighted by atomic mass is 10.2. The van der Waals surface area contributed by atoms with Gasteiger partial charge in [-0.05, 0) is 36.2 Å². The van der Waals surface area contributed by atoms with Gasteiger partial charge in [0.25, 0.3) is 0 Å². The van der Waals surface area contributed by atoms with Crippen molar-refractivity contribution in [2.24, 2.45) is 0 Å². The zero-order chi connectivity index (χ0) is 18.1. The van der Waals surface area contributed by atoms with E-state index in [-0.39, 0.29) is 6.10 Å². The molecule has 0 spiro atoms. The molecule has 5 heteroatoms. The maximum atomic E-state index is 10.0. The van der Waals surface area contributed by atoms with Gasteiger partial charge in [0.05, 0.1) is 19.8 Å². The molecule has 25 heavy (non-hydrogen) atoms. The minimum absolute atomic E-state index is 0.307. The molecule has 0 aliphatic carbocycles. The van der Waals surface area contributed by atoms with E-state index in [2.05, 4.69) is 39.9 Å². The Morgan fingerprint density at radius 1 is 1.20 bits per heavy atom. The van der Waals surface area contributed by atoms with Crippen LogP contribution in [0.4, 0.5) is 0 Å². The molecule has 1 aromatic carbocycles. The topological polar surface area (TPSA) is 46.9 Å². The lowest BCUT2D eigenvalue weighted by Gasteiger charge is -2.25. The number of hydrogen-bond donors (Lipinski definition) is 1. The lowest BCUT2D eigenvalue weighted by molar-refractivity contribution is 0.0818. The first-order chi connectivity index (χ1) is 12.2. The third-order valence-corrected chi connectivity index (χ3v) is 4.35. The summed E-state index contributed by atoms with van der Waals surface area (Å²) in [6, 6.07) is 12.3. The van der Waals surface area contributed by atoms with Gasteiger partial charge in [-0.15, -0.1) is 0 Å². The molecule has 1 heterocycles. The third-order valence-electron chi connectivity index (χ3n) is 4.35. The largest absolute Gasteiger partial charge is 0.497 e. The number of nitrogens with zero attached hydrogens (tertiary/aromatic N) is 2. The number of aliphatic hydroxyl groups excluding tert-OH is 1. The molecule has 0 amide bonds. The molecule has 0 aliphatic rings. The van der Waals surface area contributed by atoms with Crippen LogP contribution in [0, 0.1) is 0 Å². The van der Waals surface area contributed by atoms with Crippen LogP contribution in [0.25, 0.3) is 0 Å². The fourth-order valence-corrected chi connectivity index (χ4v) is 2.83. The van der Waals surface area contributed by atoms with Crippen LogP contribution in [0.1, 0.15) is 24.6 Å². The van der Waals surface area contributed by atoms with Gasteiger partial charge in [0.2, 0.25) is 0 Å². The highest BCUT2D eigenvalue weighted by Gasteiger charge is 2.13. The molecule has 1 aromatic heterocycles. The number of benzene rings is 1. The SMILES string of the molecule is CC[C@@H](O)CN(CCOC)Cc1cccn1Cc1cccc(OC)c1. The van der Waals surface area contributed by atoms with Crippen LogP contribution in [0.5, 0.6) is 5.75 Å². The summed E-state index contributed by atoms with van der Waals surface area (Å²) in [6.07, 6.45) is 2.55. The molecule has 0 radical (unpaired) electrons. The molecule has 5 nitrogen and oxygen atoms in total. The van der Waals surface area contributed by atoms with Crippen LogP contribution in [0.2, 0.25) is 0 Å². The number of ether oxygens (including phenoxy) is 2. The molecule has 0 unspecified atom stereocenters. The Hall–Kier alpha value is -1.82. The second kappa shape index (κ2) is 10.2. The minimum atomic E-state index is -0.307. The van der Waals surface area contributed by atoms with Gasteiger partial charge in [-0.1, -0.05) is 19.1 Å². The average molecular weight is 346 g/mol. The number of rotatable bonds is 11. The molecule has 0 saturated carbocycles. The van der Waals surface area contributed by atoms with Gasteiger partial charge < -0.3 is 19.1 Å². The van der Waals surface area contributed by atoms with E-state index in [0.717, 1.165) is 31.8 Å². The van der Waals surface area contributed by atoms with E-state index in [0.29, 0.717) is 13.2 Å². The van der Waals surface area contributed by atoms with Gasteiger partial charge in [-0.3, -0.25) is 4.90 Å². The maximum Gasteiger partial charge on any atom is 0.119 e. The Morgan fingerprint density at radius 2 is 2.04 bits per heavy atom. The first-order valence-electron chi connectivity index (χ1n) is 8.82. The number of aliphatic hydroxyl groups is 1. The van der Waals surface area contributed by atoms with Crippen LogP contribution >= 0.6 is 0 Å². The van der Waals surface area contributed by atoms with Crippen molar-refractivity contribution in [2.75, 3.05) is 33.9 Å². The summed E-state index contributed by atoms with van der Waals surface area (Å²) < 4.78 is 12.8. The minimum Gasteiger partial charge on any atom is -0.497 e. The van der Waals surface area contributed by atoms with Crippen molar-refractivity contribution in [2.45, 2.75) is 32.5 Å². The quantitative estimate of drug-likeness (QED) is 0.680. The van der Waals surface area contributed by atoms with Gasteiger partial charge in [-0.2, -0.15) is 0 Å². The van der Waals surface area contributed by atoms with E-state index in [1.807, 2.05) is 19.1 Å². The summed E-state index contributed by atoms with van der Waals surface area (Å²) in [4.78, 5) is 2.25. The van der Waals surface area contributed by atoms with Gasteiger partial charge >= 0.3 is 0 Å². The standard InChI is InChI=1S/C20H30N2O3/c1-4-19(23)16-21(11-12-24-2)15-18-8-6-10-22(18)14-17-7-5-9-20(13-17)25-3/h5-10,13,19,23H,4,11-12,14-16H2,1-3H3/t19-/m1/s1. The first kappa shape index (κ1) is 19.5. The van der Waals surface area contributed by atoms with Crippen molar-refractivity contribution in [3.8, 4) is 5.75 Å². The van der Waals surface area contributed by atoms with Gasteiger partial charge in [0, 0.05) is 45.2 Å². The van der Waals surface area contributed by atoms with Crippen LogP contribution in [0.3, 0.4) is 0 Å². The third kappa shape index (κ3) is 6.20. The average Bonchev–Trinajstić information content (AvgIpc) is 3.06. The number of hydrogen-bond acceptors (Lipinski definition) is 4. The van der Waals surface area contributed by atoms with Crippen LogP contribution < -0.4 is 4.74 Å². The molecule has 1 N–H and O–H groups in total. The van der Waals surface area contributed by atoms with E-state index in [1.165, 1.54) is 11.3 Å². The van der Waals surface area contributed by atoms with E-state index in [1.54, 1.807) is 14.2 Å². The Morgan fingerprint density at radius 3 is 2.76 bits per heavy atom. The lowest BCUT2D eigenvalue weighted by Crippen LogP contribution is -2.34. The van der Waals surface area contributed by atoms with E-state index < -0.39 is 0 Å². The number of aromatic nitrogens is 1. The first-order valence-corrected chi connectivity index (χ1v) is 8.82. The normalized spacial score (nSPS) is 12.5. The Bertz CT molecular complexity index is 627. The molecule has 2 aromatic rings. The summed E-state index contributed by atoms with van der Waals surface area (Å²) >= 11 is 0. The second-order valence-corrected chi connectivity index (χ2v) is 6.27. The second-order valence-electron chi connectivity index (χ2n) is 6.27. The van der Waals surface area contributed by atoms with Crippen molar-refractivity contribution >= 4 is 0 Å². The fourth-order valence-electron chi connectivity index (χ4n) is 2.83. The van der Waals surface area contributed by atoms with E-state index in [4.69, 9.17) is 9.47 Å². The maximum absolute atomic E-state index is 10.0. The monoisotopic (exact) mass is 346 g/mol. The Labute approximate surface area is 150 Å². The van der Waals surface area contributed by atoms with E-state index in [9.17, 15) is 5.11 Å². The molecule has 0 bridgehead atoms. The highest BCUT2D eigenvalue weighted by Crippen LogP contribution is 2.16. The summed E-state index contributed by atoms with van der Waals surface area (Å²) in [5.41, 5.74) is 2.43. The molecular weight excluding hydrogens is 316 g/mol. The van der Waals surface area contributed by atoms with Crippen LogP contribution in [-0.4, -0.2) is 54.6 Å². The van der Waals surface area contributed by atoms with Crippen molar-refractivity contribution in [3.05, 3.63) is 53.9 Å². The smallest absolute Gasteiger partial charge is 0.119 e. The molecular formula is C20H30N2O3. The molecule has 0 aliphatic heterocycles. The Kier molecular flexibility index (Phi) is 7.98. The highest BCUT2D eigenvalue weighted by atomic mass is 16.5. The Balaban J connectivity index is 2.07. The zero-order valence-electron chi connectivity index (χ0n) is 15.5. The summed E-state index contributed by atoms with van der Waals surface area (Å²) in [5.74, 6) is 0.874. The summed E-state index contributed by atoms with van der Waals surface area (Å²) in [6.45, 7) is 5.71. The summed E-state index contributed by atoms with van der Waals surface area (Å²) in [5, 5.41) is 10.0. The van der Waals surface area contributed by atoms with Crippen molar-refractivity contribution in [3.63, 3.8) is 0 Å². The fraction of sp³-hybridized carbons (Fsp3) is 0.500. The van der Waals surface area contributed by atoms with Crippen LogP contribution in [0.15, 0.2) is 42.6 Å². The number of methoxy groups -OCH3 is 2. The van der Waals surface area contributed by atoms with Crippen molar-refractivity contribution in [1.82, 2.24) is 9.47 Å². The van der Waals surface area contributed by atoms with Crippen LogP contribution in [-0.2, 0) is 17.8 Å². The molecule has 1 atom stereocenters. The zero-order valence-corrected chi connectivity index (χ0v) is 15.5.